The lowest BCUT2D eigenvalue weighted by molar-refractivity contribution is 0.669. The zero-order chi connectivity index (χ0) is 41.9. The lowest BCUT2D eigenvalue weighted by Gasteiger charge is -2.19. The van der Waals surface area contributed by atoms with Crippen molar-refractivity contribution < 1.29 is 8.83 Å². The van der Waals surface area contributed by atoms with Crippen molar-refractivity contribution in [1.29, 1.82) is 0 Å². The smallest absolute Gasteiger partial charge is 0.143 e. The molecule has 12 aromatic carbocycles. The van der Waals surface area contributed by atoms with Gasteiger partial charge < -0.3 is 8.83 Å². The molecule has 0 N–H and O–H groups in total. The molecular formula is C62H36O2. The van der Waals surface area contributed by atoms with Gasteiger partial charge in [-0.15, -0.1) is 0 Å². The lowest BCUT2D eigenvalue weighted by atomic mass is 9.84. The van der Waals surface area contributed by atoms with Gasteiger partial charge in [0.05, 0.1) is 0 Å². The molecule has 0 aliphatic rings. The molecule has 2 nitrogen and oxygen atoms in total. The van der Waals surface area contributed by atoms with Gasteiger partial charge in [0.1, 0.15) is 22.3 Å². The van der Waals surface area contributed by atoms with Gasteiger partial charge >= 0.3 is 0 Å². The summed E-state index contributed by atoms with van der Waals surface area (Å²) >= 11 is 0. The highest BCUT2D eigenvalue weighted by Crippen LogP contribution is 2.49. The molecule has 0 amide bonds. The van der Waals surface area contributed by atoms with Crippen LogP contribution in [0.2, 0.25) is 0 Å². The summed E-state index contributed by atoms with van der Waals surface area (Å²) in [5.74, 6) is 0. The molecule has 0 saturated heterocycles. The van der Waals surface area contributed by atoms with Crippen molar-refractivity contribution >= 4 is 97.7 Å². The third kappa shape index (κ3) is 5.02. The zero-order valence-corrected chi connectivity index (χ0v) is 34.6. The number of fused-ring (bicyclic) bond motifs is 11. The third-order valence-electron chi connectivity index (χ3n) is 13.6. The molecule has 0 aliphatic carbocycles. The summed E-state index contributed by atoms with van der Waals surface area (Å²) in [7, 11) is 0. The molecule has 296 valence electrons. The number of furan rings is 2. The van der Waals surface area contributed by atoms with Crippen LogP contribution in [0.25, 0.3) is 142 Å². The van der Waals surface area contributed by atoms with E-state index in [4.69, 9.17) is 8.83 Å². The number of benzene rings is 12. The number of para-hydroxylation sites is 4. The van der Waals surface area contributed by atoms with Gasteiger partial charge in [-0.1, -0.05) is 194 Å². The first kappa shape index (κ1) is 35.2. The summed E-state index contributed by atoms with van der Waals surface area (Å²) in [6.07, 6.45) is 0. The van der Waals surface area contributed by atoms with Crippen LogP contribution in [0, 0.1) is 0 Å². The fourth-order valence-electron chi connectivity index (χ4n) is 10.9. The molecule has 14 rings (SSSR count). The fourth-order valence-corrected chi connectivity index (χ4v) is 10.9. The molecule has 2 aromatic heterocycles. The van der Waals surface area contributed by atoms with E-state index >= 15 is 0 Å². The molecule has 0 bridgehead atoms. The third-order valence-corrected chi connectivity index (χ3v) is 13.6. The maximum absolute atomic E-state index is 6.65. The Morgan fingerprint density at radius 1 is 0.219 bits per heavy atom. The molecule has 0 atom stereocenters. The second kappa shape index (κ2) is 13.5. The Morgan fingerprint density at radius 3 is 0.906 bits per heavy atom. The molecule has 0 saturated carbocycles. The van der Waals surface area contributed by atoms with E-state index in [0.29, 0.717) is 0 Å². The molecule has 2 heteroatoms. The summed E-state index contributed by atoms with van der Waals surface area (Å²) in [6.45, 7) is 0. The summed E-state index contributed by atoms with van der Waals surface area (Å²) in [6, 6.07) is 79.3. The van der Waals surface area contributed by atoms with Gasteiger partial charge in [-0.25, -0.2) is 0 Å². The molecule has 0 aliphatic heterocycles. The van der Waals surface area contributed by atoms with Gasteiger partial charge in [0.25, 0.3) is 0 Å². The van der Waals surface area contributed by atoms with Crippen LogP contribution in [0.1, 0.15) is 0 Å². The molecule has 0 fully saturated rings. The fraction of sp³-hybridized carbons (Fsp3) is 0. The van der Waals surface area contributed by atoms with E-state index in [2.05, 4.69) is 206 Å². The van der Waals surface area contributed by atoms with Crippen LogP contribution < -0.4 is 0 Å². The van der Waals surface area contributed by atoms with Crippen LogP contribution in [0.4, 0.5) is 0 Å². The molecule has 64 heavy (non-hydrogen) atoms. The second-order valence-electron chi connectivity index (χ2n) is 17.0. The quantitative estimate of drug-likeness (QED) is 0.166. The van der Waals surface area contributed by atoms with E-state index in [0.717, 1.165) is 55.0 Å². The van der Waals surface area contributed by atoms with Crippen LogP contribution in [-0.4, -0.2) is 0 Å². The normalized spacial score (nSPS) is 12.1. The Hall–Kier alpha value is -8.46. The summed E-state index contributed by atoms with van der Waals surface area (Å²) in [4.78, 5) is 0. The van der Waals surface area contributed by atoms with E-state index in [1.807, 2.05) is 12.1 Å². The maximum atomic E-state index is 6.65. The Kier molecular flexibility index (Phi) is 7.43. The number of hydrogen-bond donors (Lipinski definition) is 0. The van der Waals surface area contributed by atoms with Gasteiger partial charge in [0, 0.05) is 43.8 Å². The molecule has 0 radical (unpaired) electrons. The SMILES string of the molecule is c1ccc2c(c1)oc1c(-c3c4ccccc4c(-c4ccc5ccc(-c6c7ccccc7c(-c7cccc8c7oc7ccccc78)c7ccccc67)cc5c4)c4ccccc34)cccc12. The molecular weight excluding hydrogens is 777 g/mol. The predicted molar refractivity (Wildman–Crippen MR) is 270 cm³/mol. The van der Waals surface area contributed by atoms with Crippen molar-refractivity contribution in [2.75, 3.05) is 0 Å². The van der Waals surface area contributed by atoms with Crippen LogP contribution >= 0.6 is 0 Å². The first-order chi connectivity index (χ1) is 31.8. The molecule has 2 heterocycles. The van der Waals surface area contributed by atoms with Gasteiger partial charge in [0.15, 0.2) is 0 Å². The van der Waals surface area contributed by atoms with Crippen molar-refractivity contribution in [3.05, 3.63) is 218 Å². The Labute approximate surface area is 367 Å². The number of rotatable bonds is 4. The first-order valence-corrected chi connectivity index (χ1v) is 22.0. The van der Waals surface area contributed by atoms with Gasteiger partial charge in [-0.05, 0) is 100 Å². The van der Waals surface area contributed by atoms with Gasteiger partial charge in [-0.3, -0.25) is 0 Å². The average molecular weight is 813 g/mol. The van der Waals surface area contributed by atoms with E-state index in [-0.39, 0.29) is 0 Å². The van der Waals surface area contributed by atoms with Crippen LogP contribution in [-0.2, 0) is 0 Å². The molecule has 14 aromatic rings. The predicted octanol–water partition coefficient (Wildman–Crippen LogP) is 17.9. The van der Waals surface area contributed by atoms with Gasteiger partial charge in [-0.2, -0.15) is 0 Å². The zero-order valence-electron chi connectivity index (χ0n) is 34.6. The van der Waals surface area contributed by atoms with Crippen molar-refractivity contribution in [3.63, 3.8) is 0 Å². The minimum atomic E-state index is 0.906. The van der Waals surface area contributed by atoms with E-state index < -0.39 is 0 Å². The highest BCUT2D eigenvalue weighted by molar-refractivity contribution is 6.26. The molecule has 0 unspecified atom stereocenters. The van der Waals surface area contributed by atoms with E-state index in [9.17, 15) is 0 Å². The van der Waals surface area contributed by atoms with Crippen molar-refractivity contribution in [2.45, 2.75) is 0 Å². The number of hydrogen-bond acceptors (Lipinski definition) is 2. The largest absolute Gasteiger partial charge is 0.455 e. The molecule has 0 spiro atoms. The average Bonchev–Trinajstić information content (AvgIpc) is 3.94. The lowest BCUT2D eigenvalue weighted by Crippen LogP contribution is -1.92. The summed E-state index contributed by atoms with van der Waals surface area (Å²) in [5, 5.41) is 16.6. The Bertz CT molecular complexity index is 3870. The van der Waals surface area contributed by atoms with Crippen LogP contribution in [0.15, 0.2) is 227 Å². The minimum absolute atomic E-state index is 0.906. The van der Waals surface area contributed by atoms with Crippen molar-refractivity contribution in [2.24, 2.45) is 0 Å². The van der Waals surface area contributed by atoms with Crippen LogP contribution in [0.5, 0.6) is 0 Å². The Balaban J connectivity index is 0.988. The second-order valence-corrected chi connectivity index (χ2v) is 17.0. The topological polar surface area (TPSA) is 26.3 Å². The maximum Gasteiger partial charge on any atom is 0.143 e. The monoisotopic (exact) mass is 812 g/mol. The van der Waals surface area contributed by atoms with Gasteiger partial charge in [0.2, 0.25) is 0 Å². The first-order valence-electron chi connectivity index (χ1n) is 22.0. The minimum Gasteiger partial charge on any atom is -0.455 e. The Morgan fingerprint density at radius 2 is 0.531 bits per heavy atom. The van der Waals surface area contributed by atoms with E-state index in [1.165, 1.54) is 87.2 Å². The summed E-state index contributed by atoms with van der Waals surface area (Å²) < 4.78 is 13.3. The highest BCUT2D eigenvalue weighted by atomic mass is 16.3. The highest BCUT2D eigenvalue weighted by Gasteiger charge is 2.22. The van der Waals surface area contributed by atoms with Crippen molar-refractivity contribution in [1.82, 2.24) is 0 Å². The standard InChI is InChI=1S/C62H36O2/c1-5-21-47-43(17-1)57(44-18-2-6-22-48(44)59(47)53-27-13-25-51-41-15-9-11-29-55(41)63-61(51)53)38-33-31-37-32-34-39(36-40(37)35-38)58-45-19-3-7-23-49(45)60(50-24-8-4-20-46(50)58)54-28-14-26-52-42-16-10-12-30-56(42)64-62(52)54/h1-36H. The van der Waals surface area contributed by atoms with Crippen LogP contribution in [0.3, 0.4) is 0 Å². The van der Waals surface area contributed by atoms with Crippen molar-refractivity contribution in [3.8, 4) is 44.5 Å². The summed E-state index contributed by atoms with van der Waals surface area (Å²) in [5.41, 5.74) is 13.1. The van der Waals surface area contributed by atoms with E-state index in [1.54, 1.807) is 0 Å².